The molecule has 28 heavy (non-hydrogen) atoms. The molecule has 1 N–H and O–H groups in total. The Morgan fingerprint density at radius 1 is 1.18 bits per heavy atom. The zero-order chi connectivity index (χ0) is 19.8. The van der Waals surface area contributed by atoms with E-state index in [1.54, 1.807) is 11.0 Å². The Morgan fingerprint density at radius 3 is 2.57 bits per heavy atom. The van der Waals surface area contributed by atoms with Crippen LogP contribution in [0.15, 0.2) is 48.7 Å². The van der Waals surface area contributed by atoms with Crippen molar-refractivity contribution in [2.24, 2.45) is 5.92 Å². The predicted molar refractivity (Wildman–Crippen MR) is 102 cm³/mol. The first-order valence-corrected chi connectivity index (χ1v) is 9.25. The van der Waals surface area contributed by atoms with Crippen LogP contribution >= 0.6 is 0 Å². The molecule has 0 aliphatic carbocycles. The number of pyridine rings is 1. The number of nitrogens with zero attached hydrogens (tertiary/aromatic N) is 3. The Bertz CT molecular complexity index is 838. The molecule has 7 heteroatoms. The number of likely N-dealkylation sites (tertiary alicyclic amines) is 1. The van der Waals surface area contributed by atoms with Crippen molar-refractivity contribution < 1.29 is 14.3 Å². The van der Waals surface area contributed by atoms with Crippen molar-refractivity contribution in [2.75, 3.05) is 19.6 Å². The summed E-state index contributed by atoms with van der Waals surface area (Å²) in [5.74, 6) is 0.107. The molecule has 1 fully saturated rings. The smallest absolute Gasteiger partial charge is 0.410 e. The molecule has 1 saturated heterocycles. The average Bonchev–Trinajstić information content (AvgIpc) is 2.77. The standard InChI is InChI=1S/C21H22N4O3/c22-12-19-7-6-18(14-23-19)20(26)24-13-16-8-10-25(11-9-16)21(27)28-15-17-4-2-1-3-5-17/h1-7,14,16H,8-11,13,15H2,(H,24,26). The molecule has 2 heterocycles. The van der Waals surface area contributed by atoms with Crippen molar-refractivity contribution in [1.29, 1.82) is 5.26 Å². The molecule has 0 bridgehead atoms. The SMILES string of the molecule is N#Cc1ccc(C(=O)NCC2CCN(C(=O)OCc3ccccc3)CC2)cn1. The summed E-state index contributed by atoms with van der Waals surface area (Å²) in [5.41, 5.74) is 1.68. The van der Waals surface area contributed by atoms with E-state index in [1.165, 1.54) is 12.3 Å². The fraction of sp³-hybridized carbons (Fsp3) is 0.333. The molecule has 144 valence electrons. The van der Waals surface area contributed by atoms with E-state index in [0.29, 0.717) is 31.1 Å². The summed E-state index contributed by atoms with van der Waals surface area (Å²) in [6, 6.07) is 14.6. The van der Waals surface area contributed by atoms with Crippen molar-refractivity contribution in [3.63, 3.8) is 0 Å². The van der Waals surface area contributed by atoms with Crippen molar-refractivity contribution >= 4 is 12.0 Å². The van der Waals surface area contributed by atoms with Gasteiger partial charge in [0.1, 0.15) is 18.4 Å². The van der Waals surface area contributed by atoms with Gasteiger partial charge in [-0.15, -0.1) is 0 Å². The van der Waals surface area contributed by atoms with Crippen LogP contribution in [0, 0.1) is 17.2 Å². The predicted octanol–water partition coefficient (Wildman–Crippen LogP) is 2.73. The van der Waals surface area contributed by atoms with Gasteiger partial charge in [-0.05, 0) is 36.5 Å². The third-order valence-corrected chi connectivity index (χ3v) is 4.77. The van der Waals surface area contributed by atoms with Crippen molar-refractivity contribution in [2.45, 2.75) is 19.4 Å². The van der Waals surface area contributed by atoms with Crippen molar-refractivity contribution in [3.05, 3.63) is 65.5 Å². The topological polar surface area (TPSA) is 95.3 Å². The highest BCUT2D eigenvalue weighted by Gasteiger charge is 2.24. The summed E-state index contributed by atoms with van der Waals surface area (Å²) in [6.07, 6.45) is 2.73. The van der Waals surface area contributed by atoms with Crippen LogP contribution in [0.1, 0.15) is 34.5 Å². The first-order chi connectivity index (χ1) is 13.7. The van der Waals surface area contributed by atoms with Gasteiger partial charge in [-0.3, -0.25) is 4.79 Å². The minimum Gasteiger partial charge on any atom is -0.445 e. The molecule has 2 aromatic rings. The Kier molecular flexibility index (Phi) is 6.58. The van der Waals surface area contributed by atoms with Gasteiger partial charge in [0.05, 0.1) is 5.56 Å². The molecule has 0 atom stereocenters. The molecule has 3 rings (SSSR count). The van der Waals surface area contributed by atoms with E-state index in [9.17, 15) is 9.59 Å². The number of piperidine rings is 1. The number of amides is 2. The highest BCUT2D eigenvalue weighted by Crippen LogP contribution is 2.17. The third kappa shape index (κ3) is 5.30. The Balaban J connectivity index is 1.38. The van der Waals surface area contributed by atoms with Crippen LogP contribution < -0.4 is 5.32 Å². The van der Waals surface area contributed by atoms with Gasteiger partial charge in [-0.25, -0.2) is 9.78 Å². The summed E-state index contributed by atoms with van der Waals surface area (Å²) in [6.45, 7) is 2.05. The molecule has 2 amide bonds. The molecule has 0 radical (unpaired) electrons. The second kappa shape index (κ2) is 9.51. The number of aromatic nitrogens is 1. The number of benzene rings is 1. The molecule has 1 aliphatic rings. The maximum Gasteiger partial charge on any atom is 0.410 e. The number of hydrogen-bond donors (Lipinski definition) is 1. The van der Waals surface area contributed by atoms with Crippen LogP contribution in [0.4, 0.5) is 4.79 Å². The van der Waals surface area contributed by atoms with Gasteiger partial charge in [-0.2, -0.15) is 5.26 Å². The number of nitrogens with one attached hydrogen (secondary N) is 1. The second-order valence-electron chi connectivity index (χ2n) is 6.72. The highest BCUT2D eigenvalue weighted by molar-refractivity contribution is 5.93. The van der Waals surface area contributed by atoms with Crippen LogP contribution in [0.25, 0.3) is 0 Å². The van der Waals surface area contributed by atoms with Gasteiger partial charge in [0, 0.05) is 25.8 Å². The quantitative estimate of drug-likeness (QED) is 0.863. The molecule has 0 unspecified atom stereocenters. The summed E-state index contributed by atoms with van der Waals surface area (Å²) >= 11 is 0. The fourth-order valence-corrected chi connectivity index (χ4v) is 3.06. The van der Waals surface area contributed by atoms with Crippen molar-refractivity contribution in [3.8, 4) is 6.07 Å². The maximum absolute atomic E-state index is 12.2. The summed E-state index contributed by atoms with van der Waals surface area (Å²) in [4.78, 5) is 30.0. The molecular formula is C21H22N4O3. The second-order valence-corrected chi connectivity index (χ2v) is 6.72. The minimum atomic E-state index is -0.296. The number of nitriles is 1. The van der Waals surface area contributed by atoms with E-state index in [4.69, 9.17) is 10.00 Å². The van der Waals surface area contributed by atoms with E-state index in [2.05, 4.69) is 10.3 Å². The van der Waals surface area contributed by atoms with Crippen LogP contribution in [0.3, 0.4) is 0 Å². The van der Waals surface area contributed by atoms with Crippen LogP contribution in [-0.2, 0) is 11.3 Å². The normalized spacial score (nSPS) is 14.2. The molecule has 1 aromatic carbocycles. The molecule has 0 saturated carbocycles. The first kappa shape index (κ1) is 19.4. The van der Waals surface area contributed by atoms with E-state index < -0.39 is 0 Å². The number of ether oxygens (including phenoxy) is 1. The summed E-state index contributed by atoms with van der Waals surface area (Å²) in [5, 5.41) is 11.6. The number of hydrogen-bond acceptors (Lipinski definition) is 5. The van der Waals surface area contributed by atoms with E-state index in [-0.39, 0.29) is 24.3 Å². The average molecular weight is 378 g/mol. The molecule has 1 aliphatic heterocycles. The molecule has 7 nitrogen and oxygen atoms in total. The number of carbonyl (C=O) groups excluding carboxylic acids is 2. The van der Waals surface area contributed by atoms with Gasteiger partial charge in [0.25, 0.3) is 5.91 Å². The number of rotatable bonds is 5. The van der Waals surface area contributed by atoms with Crippen molar-refractivity contribution in [1.82, 2.24) is 15.2 Å². The largest absolute Gasteiger partial charge is 0.445 e. The van der Waals surface area contributed by atoms with E-state index in [1.807, 2.05) is 36.4 Å². The van der Waals surface area contributed by atoms with Gasteiger partial charge < -0.3 is 15.0 Å². The lowest BCUT2D eigenvalue weighted by molar-refractivity contribution is 0.0800. The Morgan fingerprint density at radius 2 is 1.93 bits per heavy atom. The molecular weight excluding hydrogens is 356 g/mol. The monoisotopic (exact) mass is 378 g/mol. The Labute approximate surface area is 163 Å². The maximum atomic E-state index is 12.2. The van der Waals surface area contributed by atoms with Gasteiger partial charge in [0.2, 0.25) is 0 Å². The Hall–Kier alpha value is -3.40. The van der Waals surface area contributed by atoms with Gasteiger partial charge in [0.15, 0.2) is 0 Å². The lowest BCUT2D eigenvalue weighted by Gasteiger charge is -2.31. The van der Waals surface area contributed by atoms with E-state index in [0.717, 1.165) is 18.4 Å². The lowest BCUT2D eigenvalue weighted by atomic mass is 9.97. The van der Waals surface area contributed by atoms with E-state index >= 15 is 0 Å². The molecule has 0 spiro atoms. The fourth-order valence-electron chi connectivity index (χ4n) is 3.06. The van der Waals surface area contributed by atoms with Gasteiger partial charge >= 0.3 is 6.09 Å². The lowest BCUT2D eigenvalue weighted by Crippen LogP contribution is -2.41. The van der Waals surface area contributed by atoms with Crippen LogP contribution in [0.2, 0.25) is 0 Å². The minimum absolute atomic E-state index is 0.207. The van der Waals surface area contributed by atoms with Crippen LogP contribution in [-0.4, -0.2) is 41.5 Å². The zero-order valence-corrected chi connectivity index (χ0v) is 15.5. The first-order valence-electron chi connectivity index (χ1n) is 9.25. The molecule has 1 aromatic heterocycles. The summed E-state index contributed by atoms with van der Waals surface area (Å²) < 4.78 is 5.37. The number of carbonyl (C=O) groups is 2. The zero-order valence-electron chi connectivity index (χ0n) is 15.5. The highest BCUT2D eigenvalue weighted by atomic mass is 16.6. The third-order valence-electron chi connectivity index (χ3n) is 4.77. The summed E-state index contributed by atoms with van der Waals surface area (Å²) in [7, 11) is 0. The van der Waals surface area contributed by atoms with Crippen LogP contribution in [0.5, 0.6) is 0 Å². The van der Waals surface area contributed by atoms with Gasteiger partial charge in [-0.1, -0.05) is 30.3 Å².